The molecule has 0 saturated carbocycles. The van der Waals surface area contributed by atoms with Gasteiger partial charge in [0.05, 0.1) is 0 Å². The molecule has 3 heteroatoms. The Bertz CT molecular complexity index is 291. The average Bonchev–Trinajstić information content (AvgIpc) is 2.29. The van der Waals surface area contributed by atoms with Crippen molar-refractivity contribution in [2.75, 3.05) is 0 Å². The van der Waals surface area contributed by atoms with Gasteiger partial charge in [0.1, 0.15) is 0 Å². The molecule has 14 heavy (non-hydrogen) atoms. The summed E-state index contributed by atoms with van der Waals surface area (Å²) in [5.41, 5.74) is 0. The molecule has 77 valence electrons. The first kappa shape index (κ1) is 12.7. The van der Waals surface area contributed by atoms with E-state index in [9.17, 15) is 0 Å². The molecule has 0 nitrogen and oxygen atoms in total. The molecule has 0 spiro atoms. The second-order valence-electron chi connectivity index (χ2n) is 6.30. The Hall–Kier alpha value is 0.628. The third-order valence-electron chi connectivity index (χ3n) is 3.02. The van der Waals surface area contributed by atoms with Crippen LogP contribution in [0.5, 0.6) is 0 Å². The molecule has 0 aromatic rings. The van der Waals surface area contributed by atoms with Gasteiger partial charge >= 0.3 is 103 Å². The first-order chi connectivity index (χ1) is 6.06. The zero-order valence-electron chi connectivity index (χ0n) is 10.2. The van der Waals surface area contributed by atoms with E-state index >= 15 is 0 Å². The van der Waals surface area contributed by atoms with Crippen LogP contribution in [0.15, 0.2) is 23.4 Å². The van der Waals surface area contributed by atoms with Crippen molar-refractivity contribution in [2.24, 2.45) is 0 Å². The van der Waals surface area contributed by atoms with Crippen LogP contribution in [0.1, 0.15) is 0 Å². The van der Waals surface area contributed by atoms with E-state index in [1.54, 1.807) is 5.20 Å². The summed E-state index contributed by atoms with van der Waals surface area (Å²) in [6.07, 6.45) is 7.41. The molecule has 1 aliphatic carbocycles. The average molecular weight is 257 g/mol. The van der Waals surface area contributed by atoms with Gasteiger partial charge in [-0.3, -0.25) is 0 Å². The summed E-state index contributed by atoms with van der Waals surface area (Å²) in [6.45, 7) is 14.7. The van der Waals surface area contributed by atoms with Crippen LogP contribution in [0.3, 0.4) is 0 Å². The normalized spacial score (nSPS) is 27.9. The molecule has 0 aliphatic heterocycles. The Kier molecular flexibility index (Phi) is 3.25. The van der Waals surface area contributed by atoms with E-state index in [4.69, 9.17) is 0 Å². The molecular weight excluding hydrogens is 236 g/mol. The summed E-state index contributed by atoms with van der Waals surface area (Å²) in [4.78, 5) is 0. The summed E-state index contributed by atoms with van der Waals surface area (Å²) in [7, 11) is -2.21. The van der Waals surface area contributed by atoms with E-state index in [1.807, 2.05) is 0 Å². The van der Waals surface area contributed by atoms with Gasteiger partial charge in [-0.2, -0.15) is 0 Å². The van der Waals surface area contributed by atoms with E-state index in [-0.39, 0.29) is 0 Å². The third-order valence-corrected chi connectivity index (χ3v) is 11.9. The van der Waals surface area contributed by atoms with Crippen molar-refractivity contribution in [3.63, 3.8) is 0 Å². The third kappa shape index (κ3) is 2.41. The van der Waals surface area contributed by atoms with Crippen molar-refractivity contribution in [1.82, 2.24) is 0 Å². The number of allylic oxidation sites excluding steroid dienone is 4. The second kappa shape index (κ2) is 3.58. The molecule has 1 rings (SSSR count). The van der Waals surface area contributed by atoms with Crippen LogP contribution in [0, 0.1) is 0 Å². The molecule has 0 aromatic heterocycles. The van der Waals surface area contributed by atoms with E-state index in [0.717, 1.165) is 0 Å². The van der Waals surface area contributed by atoms with Crippen LogP contribution < -0.4 is 0 Å². The molecule has 1 unspecified atom stereocenters. The van der Waals surface area contributed by atoms with Crippen LogP contribution in [0.4, 0.5) is 0 Å². The molecule has 0 heterocycles. The van der Waals surface area contributed by atoms with E-state index in [2.05, 4.69) is 77.9 Å². The predicted octanol–water partition coefficient (Wildman–Crippen LogP) is 3.94. The molecule has 0 fully saturated rings. The maximum atomic E-state index is 2.56. The molecule has 0 N–H and O–H groups in total. The fraction of sp³-hybridized carbons (Fsp3) is 0.636. The van der Waals surface area contributed by atoms with Gasteiger partial charge in [-0.05, 0) is 0 Å². The zero-order chi connectivity index (χ0) is 11.2. The quantitative estimate of drug-likeness (QED) is 0.657. The van der Waals surface area contributed by atoms with Crippen molar-refractivity contribution in [3.8, 4) is 0 Å². The Labute approximate surface area is 102 Å². The van der Waals surface area contributed by atoms with Gasteiger partial charge < -0.3 is 0 Å². The van der Waals surface area contributed by atoms with Crippen LogP contribution in [-0.2, 0) is 20.4 Å². The molecule has 1 atom stereocenters. The minimum absolute atomic E-state index is 0.391. The van der Waals surface area contributed by atoms with E-state index < -0.39 is 16.1 Å². The fourth-order valence-corrected chi connectivity index (χ4v) is 4.65. The van der Waals surface area contributed by atoms with Crippen LogP contribution in [-0.4, -0.2) is 16.1 Å². The number of rotatable bonds is 2. The van der Waals surface area contributed by atoms with Crippen molar-refractivity contribution >= 4 is 16.1 Å². The summed E-state index contributed by atoms with van der Waals surface area (Å²) >= 11 is 2.41. The molecule has 0 bridgehead atoms. The Morgan fingerprint density at radius 2 is 1.57 bits per heavy atom. The molecule has 0 amide bonds. The Morgan fingerprint density at radius 1 is 1.07 bits per heavy atom. The first-order valence-corrected chi connectivity index (χ1v) is 13.0. The minimum atomic E-state index is -1.11. The first-order valence-electron chi connectivity index (χ1n) is 5.24. The van der Waals surface area contributed by atoms with Crippen molar-refractivity contribution in [3.05, 3.63) is 23.4 Å². The van der Waals surface area contributed by atoms with Gasteiger partial charge in [-0.15, -0.1) is 0 Å². The van der Waals surface area contributed by atoms with Gasteiger partial charge in [-0.1, -0.05) is 0 Å². The maximum absolute atomic E-state index is 2.56. The van der Waals surface area contributed by atoms with Crippen molar-refractivity contribution in [2.45, 2.75) is 42.6 Å². The molecule has 0 aromatic carbocycles. The molecular formula is C11H21Si2Ti. The summed E-state index contributed by atoms with van der Waals surface area (Å²) in [5, 5.41) is 1.64. The Balaban J connectivity index is 3.04. The molecule has 0 saturated heterocycles. The number of hydrogen-bond acceptors (Lipinski definition) is 0. The molecule has 1 aliphatic rings. The Morgan fingerprint density at radius 3 is 1.79 bits per heavy atom. The van der Waals surface area contributed by atoms with Crippen LogP contribution in [0.2, 0.25) is 42.6 Å². The summed E-state index contributed by atoms with van der Waals surface area (Å²) in [6, 6.07) is 0. The second-order valence-corrected chi connectivity index (χ2v) is 18.8. The zero-order valence-corrected chi connectivity index (χ0v) is 13.8. The van der Waals surface area contributed by atoms with Crippen LogP contribution in [0.25, 0.3) is 0 Å². The fourth-order valence-electron chi connectivity index (χ4n) is 1.50. The van der Waals surface area contributed by atoms with Crippen molar-refractivity contribution in [1.29, 1.82) is 0 Å². The van der Waals surface area contributed by atoms with Gasteiger partial charge in [0, 0.05) is 0 Å². The standard InChI is InChI=1S/C11H21Si2.Ti/c1-12(2,3)10-7-8-11(9-10)13(4,5)6;/h7-9H,1-6H3;. The van der Waals surface area contributed by atoms with Gasteiger partial charge in [0.15, 0.2) is 0 Å². The van der Waals surface area contributed by atoms with E-state index in [1.165, 1.54) is 0 Å². The van der Waals surface area contributed by atoms with Gasteiger partial charge in [0.25, 0.3) is 0 Å². The summed E-state index contributed by atoms with van der Waals surface area (Å²) < 4.78 is 0.391. The topological polar surface area (TPSA) is 0 Å². The van der Waals surface area contributed by atoms with E-state index in [0.29, 0.717) is 3.34 Å². The van der Waals surface area contributed by atoms with Gasteiger partial charge in [-0.25, -0.2) is 0 Å². The predicted molar refractivity (Wildman–Crippen MR) is 66.6 cm³/mol. The number of hydrogen-bond donors (Lipinski definition) is 0. The van der Waals surface area contributed by atoms with Crippen LogP contribution >= 0.6 is 0 Å². The SMILES string of the molecule is C[Si](C)(C)C1=C[C]([Ti])([Si](C)(C)C)C=C1. The molecule has 0 radical (unpaired) electrons. The van der Waals surface area contributed by atoms with Crippen molar-refractivity contribution < 1.29 is 20.4 Å². The monoisotopic (exact) mass is 257 g/mol. The van der Waals surface area contributed by atoms with Gasteiger partial charge in [0.2, 0.25) is 0 Å². The summed E-state index contributed by atoms with van der Waals surface area (Å²) in [5.74, 6) is 0.